The van der Waals surface area contributed by atoms with Crippen molar-refractivity contribution >= 4 is 46.6 Å². The summed E-state index contributed by atoms with van der Waals surface area (Å²) in [5.41, 5.74) is 17.1. The summed E-state index contributed by atoms with van der Waals surface area (Å²) in [6.07, 6.45) is 0.255. The number of hydrogen-bond donors (Lipinski definition) is 3. The van der Waals surface area contributed by atoms with Gasteiger partial charge in [-0.3, -0.25) is 10.2 Å². The lowest BCUT2D eigenvalue weighted by atomic mass is 9.81. The molecule has 5 rings (SSSR count). The van der Waals surface area contributed by atoms with Gasteiger partial charge in [0.1, 0.15) is 5.75 Å². The Hall–Kier alpha value is -4.28. The van der Waals surface area contributed by atoms with Gasteiger partial charge in [0.05, 0.1) is 13.2 Å². The molecule has 1 heterocycles. The first-order valence-corrected chi connectivity index (χ1v) is 16.4. The largest absolute Gasteiger partial charge is 0.494 e. The molecule has 248 valence electrons. The summed E-state index contributed by atoms with van der Waals surface area (Å²) in [6.45, 7) is 0.918. The summed E-state index contributed by atoms with van der Waals surface area (Å²) in [7, 11) is 0. The second-order valence-electron chi connectivity index (χ2n) is 11.0. The molecular formula is C35H33Cl3N6O4. The molecule has 1 aliphatic rings. The summed E-state index contributed by atoms with van der Waals surface area (Å²) in [4.78, 5) is 22.5. The second kappa shape index (κ2) is 16.7. The minimum atomic E-state index is -1.57. The summed E-state index contributed by atoms with van der Waals surface area (Å²) in [6, 6.07) is 27.1. The van der Waals surface area contributed by atoms with Crippen molar-refractivity contribution < 1.29 is 19.4 Å². The van der Waals surface area contributed by atoms with E-state index in [0.29, 0.717) is 57.9 Å². The smallest absolute Gasteiger partial charge is 0.266 e. The van der Waals surface area contributed by atoms with Crippen LogP contribution in [0.1, 0.15) is 40.3 Å². The van der Waals surface area contributed by atoms with Crippen LogP contribution >= 0.6 is 34.8 Å². The summed E-state index contributed by atoms with van der Waals surface area (Å²) >= 11 is 19.1. The van der Waals surface area contributed by atoms with Crippen LogP contribution in [0.25, 0.3) is 10.4 Å². The molecule has 10 nitrogen and oxygen atoms in total. The number of ether oxygens (including phenoxy) is 2. The number of carbonyl (C=O) groups excluding carboxylic acids is 1. The zero-order valence-electron chi connectivity index (χ0n) is 25.8. The van der Waals surface area contributed by atoms with Crippen LogP contribution in [-0.4, -0.2) is 42.2 Å². The molecule has 13 heteroatoms. The molecule has 1 amide bonds. The SMILES string of the molecule is [N-]=[N+]=NCc1ccccc1C[C@]1(C(=O)NNCCc2ccc(Cl)cc2)N=C(c2ccc(OCCCO)cc2)O[C@H]1c1ccc(Cl)cc1Cl. The Balaban J connectivity index is 1.54. The third-order valence-electron chi connectivity index (χ3n) is 7.81. The molecule has 48 heavy (non-hydrogen) atoms. The van der Waals surface area contributed by atoms with Crippen molar-refractivity contribution in [1.29, 1.82) is 0 Å². The highest BCUT2D eigenvalue weighted by atomic mass is 35.5. The van der Waals surface area contributed by atoms with E-state index >= 15 is 0 Å². The molecular weight excluding hydrogens is 675 g/mol. The number of amides is 1. The average molecular weight is 708 g/mol. The Labute approximate surface area is 293 Å². The lowest BCUT2D eigenvalue weighted by Gasteiger charge is -2.32. The fourth-order valence-electron chi connectivity index (χ4n) is 5.36. The van der Waals surface area contributed by atoms with Gasteiger partial charge in [0.2, 0.25) is 5.90 Å². The fourth-order valence-corrected chi connectivity index (χ4v) is 6.00. The van der Waals surface area contributed by atoms with Crippen molar-refractivity contribution in [3.8, 4) is 5.75 Å². The molecule has 0 aliphatic carbocycles. The normalized spacial score (nSPS) is 16.8. The highest BCUT2D eigenvalue weighted by molar-refractivity contribution is 6.35. The van der Waals surface area contributed by atoms with Gasteiger partial charge in [-0.05, 0) is 77.2 Å². The topological polar surface area (TPSA) is 141 Å². The van der Waals surface area contributed by atoms with E-state index < -0.39 is 17.6 Å². The number of azide groups is 1. The van der Waals surface area contributed by atoms with Gasteiger partial charge in [0.15, 0.2) is 11.6 Å². The van der Waals surface area contributed by atoms with Gasteiger partial charge in [-0.2, -0.15) is 0 Å². The van der Waals surface area contributed by atoms with Gasteiger partial charge in [0.25, 0.3) is 5.91 Å². The summed E-state index contributed by atoms with van der Waals surface area (Å²) in [5, 5.41) is 14.2. The average Bonchev–Trinajstić information content (AvgIpc) is 3.47. The number of hydrazine groups is 1. The van der Waals surface area contributed by atoms with Crippen LogP contribution in [0, 0.1) is 0 Å². The van der Waals surface area contributed by atoms with E-state index in [0.717, 1.165) is 16.7 Å². The van der Waals surface area contributed by atoms with Crippen LogP contribution in [0.4, 0.5) is 0 Å². The van der Waals surface area contributed by atoms with E-state index in [2.05, 4.69) is 20.9 Å². The Bertz CT molecular complexity index is 1800. The quantitative estimate of drug-likeness (QED) is 0.0384. The number of aliphatic hydroxyl groups excluding tert-OH is 1. The number of aliphatic imine (C=N–C) groups is 1. The van der Waals surface area contributed by atoms with Crippen molar-refractivity contribution in [2.75, 3.05) is 19.8 Å². The Morgan fingerprint density at radius 2 is 1.73 bits per heavy atom. The van der Waals surface area contributed by atoms with E-state index in [-0.39, 0.29) is 25.5 Å². The van der Waals surface area contributed by atoms with Crippen molar-refractivity contribution in [3.63, 3.8) is 0 Å². The minimum Gasteiger partial charge on any atom is -0.494 e. The third-order valence-corrected chi connectivity index (χ3v) is 8.63. The van der Waals surface area contributed by atoms with E-state index in [1.54, 1.807) is 42.5 Å². The van der Waals surface area contributed by atoms with E-state index in [9.17, 15) is 4.79 Å². The van der Waals surface area contributed by atoms with E-state index in [1.807, 2.05) is 48.5 Å². The Morgan fingerprint density at radius 3 is 2.44 bits per heavy atom. The molecule has 2 atom stereocenters. The first kappa shape index (κ1) is 35.0. The molecule has 0 saturated heterocycles. The predicted molar refractivity (Wildman–Crippen MR) is 187 cm³/mol. The van der Waals surface area contributed by atoms with Crippen LogP contribution in [0.3, 0.4) is 0 Å². The number of nitrogens with one attached hydrogen (secondary N) is 2. The number of halogens is 3. The zero-order chi connectivity index (χ0) is 33.9. The van der Waals surface area contributed by atoms with Crippen molar-refractivity contribution in [3.05, 3.63) is 144 Å². The van der Waals surface area contributed by atoms with Gasteiger partial charge >= 0.3 is 0 Å². The van der Waals surface area contributed by atoms with E-state index in [1.165, 1.54) is 0 Å². The first-order chi connectivity index (χ1) is 23.3. The molecule has 0 aromatic heterocycles. The highest BCUT2D eigenvalue weighted by Crippen LogP contribution is 2.45. The monoisotopic (exact) mass is 706 g/mol. The Kier molecular flexibility index (Phi) is 12.2. The lowest BCUT2D eigenvalue weighted by molar-refractivity contribution is -0.130. The predicted octanol–water partition coefficient (Wildman–Crippen LogP) is 7.58. The van der Waals surface area contributed by atoms with Gasteiger partial charge in [0, 0.05) is 57.1 Å². The number of benzene rings is 4. The second-order valence-corrected chi connectivity index (χ2v) is 12.3. The van der Waals surface area contributed by atoms with Crippen LogP contribution in [0.5, 0.6) is 5.75 Å². The molecule has 0 radical (unpaired) electrons. The van der Waals surface area contributed by atoms with Crippen molar-refractivity contribution in [2.45, 2.75) is 37.5 Å². The van der Waals surface area contributed by atoms with Gasteiger partial charge in [-0.15, -0.1) is 0 Å². The number of rotatable bonds is 15. The standard InChI is InChI=1S/C35H33Cl3N6O4/c36-27-10-6-23(7-11-27)16-17-40-43-34(46)35(21-25-4-1-2-5-26(25)22-41-44-39)32(30-15-12-28(37)20-31(30)38)48-33(42-35)24-8-13-29(14-9-24)47-19-3-18-45/h1-2,4-15,20,32,40,45H,3,16-19,21-22H2,(H,43,46)/t32-,35-/m0/s1. The molecule has 4 aromatic rings. The molecule has 0 bridgehead atoms. The Morgan fingerprint density at radius 1 is 1.00 bits per heavy atom. The number of aliphatic hydroxyl groups is 1. The number of hydrogen-bond acceptors (Lipinski definition) is 7. The molecule has 0 unspecified atom stereocenters. The van der Waals surface area contributed by atoms with Crippen LogP contribution in [0.15, 0.2) is 101 Å². The first-order valence-electron chi connectivity index (χ1n) is 15.2. The number of carbonyl (C=O) groups is 1. The molecule has 0 spiro atoms. The summed E-state index contributed by atoms with van der Waals surface area (Å²) < 4.78 is 12.3. The van der Waals surface area contributed by atoms with Crippen LogP contribution < -0.4 is 15.6 Å². The number of nitrogens with zero attached hydrogens (tertiary/aromatic N) is 4. The van der Waals surface area contributed by atoms with Crippen LogP contribution in [-0.2, 0) is 28.9 Å². The van der Waals surface area contributed by atoms with Gasteiger partial charge < -0.3 is 14.6 Å². The molecule has 0 fully saturated rings. The van der Waals surface area contributed by atoms with Crippen molar-refractivity contribution in [1.82, 2.24) is 10.9 Å². The van der Waals surface area contributed by atoms with Gasteiger partial charge in [-0.1, -0.05) is 82.4 Å². The van der Waals surface area contributed by atoms with Crippen molar-refractivity contribution in [2.24, 2.45) is 10.1 Å². The molecule has 0 saturated carbocycles. The minimum absolute atomic E-state index is 0.0312. The maximum Gasteiger partial charge on any atom is 0.266 e. The highest BCUT2D eigenvalue weighted by Gasteiger charge is 2.54. The summed E-state index contributed by atoms with van der Waals surface area (Å²) in [5.74, 6) is 0.396. The van der Waals surface area contributed by atoms with E-state index in [4.69, 9.17) is 59.9 Å². The maximum atomic E-state index is 14.5. The molecule has 4 aromatic carbocycles. The molecule has 3 N–H and O–H groups in total. The fraction of sp³-hybridized carbons (Fsp3) is 0.257. The lowest BCUT2D eigenvalue weighted by Crippen LogP contribution is -2.54. The van der Waals surface area contributed by atoms with Crippen LogP contribution in [0.2, 0.25) is 15.1 Å². The third kappa shape index (κ3) is 8.59. The van der Waals surface area contributed by atoms with Gasteiger partial charge in [-0.25, -0.2) is 10.4 Å². The zero-order valence-corrected chi connectivity index (χ0v) is 28.0. The molecule has 1 aliphatic heterocycles. The maximum absolute atomic E-state index is 14.5.